The molecular formula is C9H11N5OS. The van der Waals surface area contributed by atoms with Crippen LogP contribution in [0.5, 0.6) is 5.75 Å². The molecule has 0 aliphatic carbocycles. The molecule has 0 amide bonds. The Kier molecular flexibility index (Phi) is 2.95. The topological polar surface area (TPSA) is 78.8 Å². The van der Waals surface area contributed by atoms with Crippen LogP contribution in [0, 0.1) is 0 Å². The van der Waals surface area contributed by atoms with E-state index in [1.54, 1.807) is 6.20 Å². The number of aromatic nitrogens is 4. The molecule has 0 radical (unpaired) electrons. The first-order valence-corrected chi connectivity index (χ1v) is 5.33. The van der Waals surface area contributed by atoms with Gasteiger partial charge in [0, 0.05) is 19.4 Å². The third-order valence-electron chi connectivity index (χ3n) is 1.97. The van der Waals surface area contributed by atoms with Crippen LogP contribution in [0.3, 0.4) is 0 Å². The molecule has 0 saturated carbocycles. The van der Waals surface area contributed by atoms with E-state index in [-0.39, 0.29) is 0 Å². The number of aryl methyl sites for hydroxylation is 1. The highest BCUT2D eigenvalue weighted by Gasteiger charge is 2.12. The molecule has 2 aromatic rings. The number of methoxy groups -OCH3 is 1. The summed E-state index contributed by atoms with van der Waals surface area (Å²) in [6.07, 6.45) is 4.99. The lowest BCUT2D eigenvalue weighted by molar-refractivity contribution is 0.401. The van der Waals surface area contributed by atoms with E-state index in [0.29, 0.717) is 16.6 Å². The summed E-state index contributed by atoms with van der Waals surface area (Å²) in [5, 5.41) is 1.47. The number of ether oxygens (including phenoxy) is 1. The Morgan fingerprint density at radius 2 is 2.19 bits per heavy atom. The van der Waals surface area contributed by atoms with Crippen molar-refractivity contribution in [1.82, 2.24) is 19.5 Å². The fourth-order valence-corrected chi connectivity index (χ4v) is 2.04. The average Bonchev–Trinajstić information content (AvgIpc) is 2.65. The van der Waals surface area contributed by atoms with Gasteiger partial charge >= 0.3 is 0 Å². The van der Waals surface area contributed by atoms with E-state index in [1.165, 1.54) is 25.2 Å². The third kappa shape index (κ3) is 1.94. The van der Waals surface area contributed by atoms with Crippen molar-refractivity contribution in [2.24, 2.45) is 7.05 Å². The van der Waals surface area contributed by atoms with Gasteiger partial charge < -0.3 is 15.0 Å². The van der Waals surface area contributed by atoms with Crippen molar-refractivity contribution in [3.8, 4) is 5.75 Å². The molecule has 6 nitrogen and oxygen atoms in total. The number of hydrogen-bond donors (Lipinski definition) is 1. The summed E-state index contributed by atoms with van der Waals surface area (Å²) in [5.74, 6) is 0.810. The highest BCUT2D eigenvalue weighted by Crippen LogP contribution is 2.34. The van der Waals surface area contributed by atoms with Gasteiger partial charge in [0.15, 0.2) is 21.7 Å². The van der Waals surface area contributed by atoms with Gasteiger partial charge in [0.05, 0.1) is 7.11 Å². The first-order chi connectivity index (χ1) is 7.72. The standard InChI is InChI=1S/C9H11N5OS/c1-14-4-3-11-9(14)16-8-6(15-2)7(10)12-5-13-8/h3-5H,1-2H3,(H2,10,12,13). The molecule has 0 aliphatic rings. The summed E-state index contributed by atoms with van der Waals surface area (Å²) in [6.45, 7) is 0. The molecule has 16 heavy (non-hydrogen) atoms. The zero-order chi connectivity index (χ0) is 11.5. The SMILES string of the molecule is COc1c(N)ncnc1Sc1nccn1C. The minimum atomic E-state index is 0.328. The van der Waals surface area contributed by atoms with Crippen molar-refractivity contribution in [3.05, 3.63) is 18.7 Å². The molecule has 0 fully saturated rings. The van der Waals surface area contributed by atoms with Crippen LogP contribution in [0.4, 0.5) is 5.82 Å². The van der Waals surface area contributed by atoms with E-state index in [2.05, 4.69) is 15.0 Å². The molecule has 0 aromatic carbocycles. The number of nitrogen functional groups attached to an aromatic ring is 1. The van der Waals surface area contributed by atoms with Gasteiger partial charge in [-0.1, -0.05) is 0 Å². The molecule has 0 bridgehead atoms. The number of nitrogens with zero attached hydrogens (tertiary/aromatic N) is 4. The van der Waals surface area contributed by atoms with Gasteiger partial charge in [-0.15, -0.1) is 0 Å². The Balaban J connectivity index is 2.35. The van der Waals surface area contributed by atoms with Crippen LogP contribution < -0.4 is 10.5 Å². The lowest BCUT2D eigenvalue weighted by Gasteiger charge is -2.07. The van der Waals surface area contributed by atoms with Crippen LogP contribution in [-0.4, -0.2) is 26.6 Å². The summed E-state index contributed by atoms with van der Waals surface area (Å²) < 4.78 is 7.05. The maximum Gasteiger partial charge on any atom is 0.193 e. The summed E-state index contributed by atoms with van der Waals surface area (Å²) in [6, 6.07) is 0. The second-order valence-corrected chi connectivity index (χ2v) is 3.98. The Bertz CT molecular complexity index is 498. The molecule has 0 atom stereocenters. The highest BCUT2D eigenvalue weighted by molar-refractivity contribution is 7.99. The largest absolute Gasteiger partial charge is 0.490 e. The maximum atomic E-state index is 5.68. The van der Waals surface area contributed by atoms with Crippen LogP contribution in [0.25, 0.3) is 0 Å². The average molecular weight is 237 g/mol. The van der Waals surface area contributed by atoms with E-state index in [9.17, 15) is 0 Å². The molecule has 84 valence electrons. The predicted molar refractivity (Wildman–Crippen MR) is 60.3 cm³/mol. The maximum absolute atomic E-state index is 5.68. The van der Waals surface area contributed by atoms with Crippen LogP contribution in [0.1, 0.15) is 0 Å². The second-order valence-electron chi connectivity index (χ2n) is 3.02. The molecule has 0 spiro atoms. The lowest BCUT2D eigenvalue weighted by Crippen LogP contribution is -1.99. The van der Waals surface area contributed by atoms with Gasteiger partial charge in [0.2, 0.25) is 0 Å². The second kappa shape index (κ2) is 4.40. The molecule has 0 unspecified atom stereocenters. The van der Waals surface area contributed by atoms with E-state index in [4.69, 9.17) is 10.5 Å². The van der Waals surface area contributed by atoms with Gasteiger partial charge in [-0.2, -0.15) is 0 Å². The van der Waals surface area contributed by atoms with Crippen molar-refractivity contribution >= 4 is 17.6 Å². The molecule has 0 saturated heterocycles. The van der Waals surface area contributed by atoms with Gasteiger partial charge in [-0.25, -0.2) is 15.0 Å². The monoisotopic (exact) mass is 237 g/mol. The summed E-state index contributed by atoms with van der Waals surface area (Å²) in [7, 11) is 3.45. The summed E-state index contributed by atoms with van der Waals surface area (Å²) in [5.41, 5.74) is 5.68. The van der Waals surface area contributed by atoms with Crippen LogP contribution >= 0.6 is 11.8 Å². The van der Waals surface area contributed by atoms with Crippen LogP contribution in [0.15, 0.2) is 28.9 Å². The lowest BCUT2D eigenvalue weighted by atomic mass is 10.5. The number of nitrogens with two attached hydrogens (primary N) is 1. The number of hydrogen-bond acceptors (Lipinski definition) is 6. The molecule has 0 aliphatic heterocycles. The molecule has 2 rings (SSSR count). The fourth-order valence-electron chi connectivity index (χ4n) is 1.17. The number of imidazole rings is 1. The molecule has 2 heterocycles. The van der Waals surface area contributed by atoms with E-state index < -0.39 is 0 Å². The molecule has 2 aromatic heterocycles. The molecule has 2 N–H and O–H groups in total. The van der Waals surface area contributed by atoms with Gasteiger partial charge in [0.25, 0.3) is 0 Å². The van der Waals surface area contributed by atoms with Gasteiger partial charge in [0.1, 0.15) is 6.33 Å². The van der Waals surface area contributed by atoms with Crippen LogP contribution in [-0.2, 0) is 7.05 Å². The Labute approximate surface area is 96.9 Å². The van der Waals surface area contributed by atoms with Crippen LogP contribution in [0.2, 0.25) is 0 Å². The molecule has 7 heteroatoms. The van der Waals surface area contributed by atoms with Crippen molar-refractivity contribution in [3.63, 3.8) is 0 Å². The van der Waals surface area contributed by atoms with E-state index in [1.807, 2.05) is 17.8 Å². The quantitative estimate of drug-likeness (QED) is 0.801. The van der Waals surface area contributed by atoms with Crippen molar-refractivity contribution in [1.29, 1.82) is 0 Å². The van der Waals surface area contributed by atoms with Crippen molar-refractivity contribution in [2.45, 2.75) is 10.2 Å². The first-order valence-electron chi connectivity index (χ1n) is 4.52. The highest BCUT2D eigenvalue weighted by atomic mass is 32.2. The Hall–Kier alpha value is -1.76. The van der Waals surface area contributed by atoms with E-state index >= 15 is 0 Å². The number of anilines is 1. The smallest absolute Gasteiger partial charge is 0.193 e. The minimum Gasteiger partial charge on any atom is -0.490 e. The normalized spacial score (nSPS) is 10.4. The number of rotatable bonds is 3. The Morgan fingerprint density at radius 1 is 1.38 bits per heavy atom. The van der Waals surface area contributed by atoms with Crippen molar-refractivity contribution in [2.75, 3.05) is 12.8 Å². The zero-order valence-corrected chi connectivity index (χ0v) is 9.73. The van der Waals surface area contributed by atoms with Gasteiger partial charge in [-0.3, -0.25) is 0 Å². The Morgan fingerprint density at radius 3 is 2.81 bits per heavy atom. The van der Waals surface area contributed by atoms with Crippen molar-refractivity contribution < 1.29 is 4.74 Å². The zero-order valence-electron chi connectivity index (χ0n) is 8.91. The molecular weight excluding hydrogens is 226 g/mol. The minimum absolute atomic E-state index is 0.328. The summed E-state index contributed by atoms with van der Waals surface area (Å²) >= 11 is 1.38. The summed E-state index contributed by atoms with van der Waals surface area (Å²) in [4.78, 5) is 12.2. The predicted octanol–water partition coefficient (Wildman–Crippen LogP) is 0.952. The third-order valence-corrected chi connectivity index (χ3v) is 3.03. The fraction of sp³-hybridized carbons (Fsp3) is 0.222. The van der Waals surface area contributed by atoms with E-state index in [0.717, 1.165) is 5.16 Å². The van der Waals surface area contributed by atoms with Gasteiger partial charge in [-0.05, 0) is 11.8 Å². The first kappa shape index (κ1) is 10.7.